The zero-order chi connectivity index (χ0) is 36.8. The molecule has 0 aromatic rings. The van der Waals surface area contributed by atoms with Crippen LogP contribution in [-0.4, -0.2) is 59.6 Å². The smallest absolute Gasteiger partial charge is 0.311 e. The normalized spacial score (nSPS) is 49.5. The quantitative estimate of drug-likeness (QED) is 0.0680. The van der Waals surface area contributed by atoms with Gasteiger partial charge < -0.3 is 23.7 Å². The summed E-state index contributed by atoms with van der Waals surface area (Å²) in [6, 6.07) is 0. The van der Waals surface area contributed by atoms with E-state index in [1.54, 1.807) is 12.7 Å². The molecule has 0 bridgehead atoms. The lowest BCUT2D eigenvalue weighted by Gasteiger charge is -2.71. The van der Waals surface area contributed by atoms with Gasteiger partial charge in [0.15, 0.2) is 18.5 Å². The molecule has 0 aromatic carbocycles. The molecule has 50 heavy (non-hydrogen) atoms. The second-order valence-corrected chi connectivity index (χ2v) is 20.5. The molecule has 282 valence electrons. The molecule has 6 rings (SSSR count). The molecule has 1 heterocycles. The predicted molar refractivity (Wildman–Crippen MR) is 199 cm³/mol. The second kappa shape index (κ2) is 13.0. The summed E-state index contributed by atoms with van der Waals surface area (Å²) >= 11 is 2.25. The van der Waals surface area contributed by atoms with Crippen LogP contribution in [0.15, 0.2) is 11.6 Å². The van der Waals surface area contributed by atoms with Gasteiger partial charge in [-0.05, 0) is 123 Å². The fraction of sp³-hybridized carbons (Fsp3) is 0.878. The van der Waals surface area contributed by atoms with Crippen molar-refractivity contribution < 1.29 is 38.1 Å². The molecule has 5 fully saturated rings. The van der Waals surface area contributed by atoms with E-state index >= 15 is 0 Å². The third kappa shape index (κ3) is 5.83. The summed E-state index contributed by atoms with van der Waals surface area (Å²) in [5.41, 5.74) is 1.78. The van der Waals surface area contributed by atoms with E-state index in [1.165, 1.54) is 33.1 Å². The van der Waals surface area contributed by atoms with E-state index < -0.39 is 42.0 Å². The molecule has 1 saturated heterocycles. The topological polar surface area (TPSA) is 97.4 Å². The van der Waals surface area contributed by atoms with Gasteiger partial charge in [-0.1, -0.05) is 75.8 Å². The Morgan fingerprint density at radius 1 is 0.840 bits per heavy atom. The highest BCUT2D eigenvalue weighted by molar-refractivity contribution is 14.1. The summed E-state index contributed by atoms with van der Waals surface area (Å²) in [6.07, 6.45) is 11.0. The van der Waals surface area contributed by atoms with Crippen LogP contribution in [0.2, 0.25) is 0 Å². The van der Waals surface area contributed by atoms with Crippen LogP contribution < -0.4 is 0 Å². The first kappa shape index (κ1) is 38.5. The Morgan fingerprint density at radius 2 is 1.48 bits per heavy atom. The van der Waals surface area contributed by atoms with Crippen LogP contribution in [0.4, 0.5) is 0 Å². The van der Waals surface area contributed by atoms with Gasteiger partial charge in [0.2, 0.25) is 0 Å². The molecule has 0 radical (unpaired) electrons. The minimum absolute atomic E-state index is 0.0263. The van der Waals surface area contributed by atoms with Crippen LogP contribution in [0, 0.1) is 50.2 Å². The van der Waals surface area contributed by atoms with Crippen LogP contribution in [-0.2, 0) is 38.1 Å². The number of allylic oxidation sites excluding steroid dienone is 2. The maximum Gasteiger partial charge on any atom is 0.311 e. The van der Waals surface area contributed by atoms with Crippen molar-refractivity contribution >= 4 is 40.5 Å². The first-order valence-electron chi connectivity index (χ1n) is 19.3. The maximum absolute atomic E-state index is 13.1. The fourth-order valence-corrected chi connectivity index (χ4v) is 13.8. The van der Waals surface area contributed by atoms with Crippen molar-refractivity contribution in [1.29, 1.82) is 0 Å². The monoisotopic (exact) mass is 810 g/mol. The molecule has 4 saturated carbocycles. The number of halogens is 1. The van der Waals surface area contributed by atoms with Crippen LogP contribution in [0.5, 0.6) is 0 Å². The number of methoxy groups -OCH3 is 1. The van der Waals surface area contributed by atoms with E-state index in [9.17, 15) is 14.4 Å². The third-order valence-corrected chi connectivity index (χ3v) is 17.4. The number of rotatable bonds is 5. The molecule has 0 amide bonds. The van der Waals surface area contributed by atoms with Gasteiger partial charge in [-0.2, -0.15) is 0 Å². The van der Waals surface area contributed by atoms with E-state index in [0.717, 1.165) is 44.9 Å². The Morgan fingerprint density at radius 3 is 2.12 bits per heavy atom. The molecule has 8 nitrogen and oxygen atoms in total. The summed E-state index contributed by atoms with van der Waals surface area (Å²) in [6.45, 7) is 21.8. The van der Waals surface area contributed by atoms with E-state index in [4.69, 9.17) is 23.7 Å². The minimum atomic E-state index is -0.692. The van der Waals surface area contributed by atoms with Crippen LogP contribution in [0.1, 0.15) is 133 Å². The number of ether oxygens (including phenoxy) is 5. The first-order valence-corrected chi connectivity index (χ1v) is 20.5. The lowest BCUT2D eigenvalue weighted by Crippen LogP contribution is -2.65. The van der Waals surface area contributed by atoms with Gasteiger partial charge >= 0.3 is 17.9 Å². The van der Waals surface area contributed by atoms with E-state index in [0.29, 0.717) is 17.8 Å². The number of esters is 3. The van der Waals surface area contributed by atoms with Crippen molar-refractivity contribution in [2.45, 2.75) is 168 Å². The average molecular weight is 811 g/mol. The highest BCUT2D eigenvalue weighted by Crippen LogP contribution is 2.76. The van der Waals surface area contributed by atoms with Crippen molar-refractivity contribution in [2.24, 2.45) is 50.2 Å². The molecular weight excluding hydrogens is 747 g/mol. The highest BCUT2D eigenvalue weighted by atomic mass is 127. The van der Waals surface area contributed by atoms with Gasteiger partial charge in [0.05, 0.1) is 24.7 Å². The van der Waals surface area contributed by atoms with Gasteiger partial charge in [0.1, 0.15) is 3.92 Å². The Balaban J connectivity index is 1.25. The first-order chi connectivity index (χ1) is 23.2. The van der Waals surface area contributed by atoms with E-state index in [2.05, 4.69) is 77.1 Å². The van der Waals surface area contributed by atoms with Crippen molar-refractivity contribution in [3.63, 3.8) is 0 Å². The van der Waals surface area contributed by atoms with Gasteiger partial charge in [0, 0.05) is 13.8 Å². The Kier molecular flexibility index (Phi) is 10.0. The predicted octanol–water partition coefficient (Wildman–Crippen LogP) is 8.76. The summed E-state index contributed by atoms with van der Waals surface area (Å²) < 4.78 is 29.7. The van der Waals surface area contributed by atoms with Crippen molar-refractivity contribution in [2.75, 3.05) is 7.11 Å². The Bertz CT molecular complexity index is 1410. The molecular formula is C41H63IO8. The van der Waals surface area contributed by atoms with Crippen LogP contribution in [0.3, 0.4) is 0 Å². The zero-order valence-corrected chi connectivity index (χ0v) is 34.6. The zero-order valence-electron chi connectivity index (χ0n) is 32.5. The Labute approximate surface area is 314 Å². The SMILES string of the molecule is COC(=O)[C@@]1(C)CC[C@]2(C)CC[C@]3(C)C(=CC[C@@H]4[C@@]5(C)CC[C@H](O[C@@H]6O[C@@H](C)[C@H](OC(C)=O)[C@@H](OC(C)=O)[C@H]6I)C(C)(C)[C@@H]5CC[C@]43C)[C@@H]2C1. The van der Waals surface area contributed by atoms with Crippen molar-refractivity contribution in [1.82, 2.24) is 0 Å². The molecule has 0 aromatic heterocycles. The van der Waals surface area contributed by atoms with Crippen molar-refractivity contribution in [3.8, 4) is 0 Å². The molecule has 0 spiro atoms. The second-order valence-electron chi connectivity index (χ2n) is 19.0. The van der Waals surface area contributed by atoms with Gasteiger partial charge in [-0.25, -0.2) is 0 Å². The molecule has 1 aliphatic heterocycles. The summed E-state index contributed by atoms with van der Waals surface area (Å²) in [7, 11) is 1.54. The average Bonchev–Trinajstić information content (AvgIpc) is 3.03. The highest BCUT2D eigenvalue weighted by Gasteiger charge is 2.68. The van der Waals surface area contributed by atoms with Gasteiger partial charge in [-0.15, -0.1) is 0 Å². The number of alkyl halides is 1. The fourth-order valence-electron chi connectivity index (χ4n) is 12.9. The molecule has 5 aliphatic carbocycles. The molecule has 6 aliphatic rings. The summed E-state index contributed by atoms with van der Waals surface area (Å²) in [4.78, 5) is 37.1. The number of hydrogen-bond donors (Lipinski definition) is 0. The molecule has 0 unspecified atom stereocenters. The van der Waals surface area contributed by atoms with Gasteiger partial charge in [-0.3, -0.25) is 14.4 Å². The number of fused-ring (bicyclic) bond motifs is 7. The minimum Gasteiger partial charge on any atom is -0.469 e. The summed E-state index contributed by atoms with van der Waals surface area (Å²) in [5, 5.41) is 0. The van der Waals surface area contributed by atoms with Crippen LogP contribution in [0.25, 0.3) is 0 Å². The van der Waals surface area contributed by atoms with E-state index in [1.807, 2.05) is 6.92 Å². The number of carbonyl (C=O) groups excluding carboxylic acids is 3. The van der Waals surface area contributed by atoms with E-state index in [-0.39, 0.29) is 43.1 Å². The molecule has 14 atom stereocenters. The molecule has 0 N–H and O–H groups in total. The third-order valence-electron chi connectivity index (χ3n) is 16.1. The summed E-state index contributed by atoms with van der Waals surface area (Å²) in [5.74, 6) is 0.560. The molecule has 9 heteroatoms. The maximum atomic E-state index is 13.1. The number of carbonyl (C=O) groups is 3. The lowest BCUT2D eigenvalue weighted by atomic mass is 9.33. The lowest BCUT2D eigenvalue weighted by molar-refractivity contribution is -0.289. The van der Waals surface area contributed by atoms with Gasteiger partial charge in [0.25, 0.3) is 0 Å². The van der Waals surface area contributed by atoms with Crippen molar-refractivity contribution in [3.05, 3.63) is 11.6 Å². The standard InChI is InChI=1S/C41H63IO8/c1-23-32(48-24(2)43)33(49-25(3)44)31(42)34(47-23)50-30-15-16-39(8)28(36(30,4)5)14-17-41(10)29(39)13-12-26-27-22-38(7,35(45)46-11)19-18-37(27,6)20-21-40(26,41)9/h12,23,27-34H,13-22H2,1-11H3/t23-,27-,28-,29+,30-,31+,32-,33-,34-,37+,38-,39-,40+,41+/m0/s1. The Hall–Kier alpha value is -1.20. The van der Waals surface area contributed by atoms with Crippen LogP contribution >= 0.6 is 22.6 Å². The largest absolute Gasteiger partial charge is 0.469 e. The number of hydrogen-bond acceptors (Lipinski definition) is 8.